The number of hydrogen-bond acceptors (Lipinski definition) is 6. The molecule has 0 aromatic heterocycles. The highest BCUT2D eigenvalue weighted by atomic mass is 16.6. The number of carbonyl (C=O) groups is 3. The zero-order valence-electron chi connectivity index (χ0n) is 23.0. The number of nitro benzene ring substituents is 1. The van der Waals surface area contributed by atoms with Gasteiger partial charge in [-0.2, -0.15) is 0 Å². The molecular formula is C31H33N3O7. The van der Waals surface area contributed by atoms with Gasteiger partial charge in [0.2, 0.25) is 5.91 Å². The summed E-state index contributed by atoms with van der Waals surface area (Å²) in [4.78, 5) is 49.0. The van der Waals surface area contributed by atoms with Crippen molar-refractivity contribution in [1.82, 2.24) is 5.32 Å². The van der Waals surface area contributed by atoms with Gasteiger partial charge in [0.15, 0.2) is 0 Å². The molecule has 2 amide bonds. The summed E-state index contributed by atoms with van der Waals surface area (Å²) in [6.07, 6.45) is 4.13. The Kier molecular flexibility index (Phi) is 9.01. The van der Waals surface area contributed by atoms with Gasteiger partial charge in [0, 0.05) is 29.8 Å². The molecule has 10 heteroatoms. The molecule has 0 unspecified atom stereocenters. The Morgan fingerprint density at radius 1 is 1.00 bits per heavy atom. The molecule has 3 aromatic carbocycles. The van der Waals surface area contributed by atoms with Crippen molar-refractivity contribution in [2.24, 2.45) is 0 Å². The van der Waals surface area contributed by atoms with Gasteiger partial charge >= 0.3 is 5.97 Å². The summed E-state index contributed by atoms with van der Waals surface area (Å²) in [5.74, 6) is -1.16. The number of methoxy groups -OCH3 is 1. The molecule has 0 saturated heterocycles. The van der Waals surface area contributed by atoms with Gasteiger partial charge in [-0.05, 0) is 66.8 Å². The fraction of sp³-hybridized carbons (Fsp3) is 0.323. The molecule has 41 heavy (non-hydrogen) atoms. The van der Waals surface area contributed by atoms with Crippen LogP contribution < -0.4 is 15.4 Å². The average molecular weight is 560 g/mol. The smallest absolute Gasteiger partial charge is 0.326 e. The number of non-ortho nitro benzene ring substituents is 1. The molecule has 10 nitrogen and oxygen atoms in total. The first-order valence-corrected chi connectivity index (χ1v) is 13.5. The number of carboxylic acid groups (broad SMARTS) is 1. The minimum atomic E-state index is -1.14. The van der Waals surface area contributed by atoms with Crippen LogP contribution in [0, 0.1) is 17.0 Å². The number of nitrogens with zero attached hydrogens (tertiary/aromatic N) is 1. The molecule has 1 aliphatic rings. The van der Waals surface area contributed by atoms with Crippen LogP contribution >= 0.6 is 0 Å². The van der Waals surface area contributed by atoms with Gasteiger partial charge in [0.25, 0.3) is 11.6 Å². The van der Waals surface area contributed by atoms with Crippen molar-refractivity contribution in [2.75, 3.05) is 12.4 Å². The lowest BCUT2D eigenvalue weighted by atomic mass is 9.68. The van der Waals surface area contributed by atoms with E-state index in [0.29, 0.717) is 41.0 Å². The second-order valence-corrected chi connectivity index (χ2v) is 10.3. The van der Waals surface area contributed by atoms with Gasteiger partial charge in [-0.3, -0.25) is 19.7 Å². The van der Waals surface area contributed by atoms with Gasteiger partial charge in [-0.25, -0.2) is 4.79 Å². The van der Waals surface area contributed by atoms with Gasteiger partial charge < -0.3 is 20.5 Å². The summed E-state index contributed by atoms with van der Waals surface area (Å²) >= 11 is 0. The number of nitrogens with one attached hydrogen (secondary N) is 2. The number of carboxylic acids is 1. The Labute approximate surface area is 237 Å². The summed E-state index contributed by atoms with van der Waals surface area (Å²) < 4.78 is 5.26. The Balaban J connectivity index is 1.45. The van der Waals surface area contributed by atoms with Crippen molar-refractivity contribution in [1.29, 1.82) is 0 Å². The molecule has 1 fully saturated rings. The number of ether oxygens (including phenoxy) is 1. The van der Waals surface area contributed by atoms with Crippen LogP contribution in [0.4, 0.5) is 11.4 Å². The number of anilines is 1. The normalized spacial score (nSPS) is 14.9. The molecule has 1 saturated carbocycles. The second kappa shape index (κ2) is 12.6. The van der Waals surface area contributed by atoms with Crippen LogP contribution in [-0.4, -0.2) is 41.0 Å². The number of rotatable bonds is 10. The van der Waals surface area contributed by atoms with Gasteiger partial charge in [0.1, 0.15) is 11.8 Å². The molecule has 1 atom stereocenters. The summed E-state index contributed by atoms with van der Waals surface area (Å²) in [7, 11) is 1.58. The van der Waals surface area contributed by atoms with E-state index in [1.165, 1.54) is 18.2 Å². The maximum Gasteiger partial charge on any atom is 0.326 e. The van der Waals surface area contributed by atoms with E-state index >= 15 is 0 Å². The Morgan fingerprint density at radius 2 is 1.66 bits per heavy atom. The van der Waals surface area contributed by atoms with Crippen molar-refractivity contribution in [3.63, 3.8) is 0 Å². The molecule has 0 spiro atoms. The fourth-order valence-electron chi connectivity index (χ4n) is 5.38. The molecular weight excluding hydrogens is 526 g/mol. The van der Waals surface area contributed by atoms with Crippen LogP contribution in [0.2, 0.25) is 0 Å². The average Bonchev–Trinajstić information content (AvgIpc) is 2.97. The predicted octanol–water partition coefficient (Wildman–Crippen LogP) is 5.18. The van der Waals surface area contributed by atoms with E-state index in [1.54, 1.807) is 38.3 Å². The lowest BCUT2D eigenvalue weighted by molar-refractivity contribution is -0.384. The number of benzene rings is 3. The maximum absolute atomic E-state index is 13.7. The Bertz CT molecular complexity index is 1430. The summed E-state index contributed by atoms with van der Waals surface area (Å²) in [6.45, 7) is 1.62. The molecule has 0 radical (unpaired) electrons. The van der Waals surface area contributed by atoms with E-state index in [9.17, 15) is 29.6 Å². The van der Waals surface area contributed by atoms with Gasteiger partial charge in [-0.1, -0.05) is 43.5 Å². The monoisotopic (exact) mass is 559 g/mol. The van der Waals surface area contributed by atoms with Crippen LogP contribution in [0.1, 0.15) is 59.2 Å². The molecule has 3 N–H and O–H groups in total. The van der Waals surface area contributed by atoms with Crippen molar-refractivity contribution < 1.29 is 29.2 Å². The molecule has 0 aliphatic heterocycles. The quantitative estimate of drug-likeness (QED) is 0.229. The van der Waals surface area contributed by atoms with Crippen molar-refractivity contribution in [3.8, 4) is 5.75 Å². The first-order valence-electron chi connectivity index (χ1n) is 13.5. The van der Waals surface area contributed by atoms with Crippen molar-refractivity contribution in [3.05, 3.63) is 99.1 Å². The van der Waals surface area contributed by atoms with Crippen LogP contribution in [0.3, 0.4) is 0 Å². The van der Waals surface area contributed by atoms with Crippen molar-refractivity contribution in [2.45, 2.75) is 56.9 Å². The molecule has 0 heterocycles. The zero-order chi connectivity index (χ0) is 29.6. The minimum Gasteiger partial charge on any atom is -0.497 e. The molecule has 3 aromatic rings. The number of hydrogen-bond donors (Lipinski definition) is 3. The lowest BCUT2D eigenvalue weighted by Crippen LogP contribution is -2.52. The van der Waals surface area contributed by atoms with Gasteiger partial charge in [0.05, 0.1) is 17.4 Å². The fourth-order valence-corrected chi connectivity index (χ4v) is 5.38. The van der Waals surface area contributed by atoms with Gasteiger partial charge in [-0.15, -0.1) is 0 Å². The minimum absolute atomic E-state index is 0.0649. The standard InChI is InChI=1S/C31H33N3O7/c1-20-18-24(34(39)40)12-15-26(20)28(35)32-23-10-6-21(7-11-23)19-27(29(36)37)33-30(38)31(16-4-3-5-17-31)22-8-13-25(41-2)14-9-22/h6-15,18,27H,3-5,16-17,19H2,1-2H3,(H,32,35)(H,33,38)(H,36,37)/t27-/m0/s1. The number of amides is 2. The lowest BCUT2D eigenvalue weighted by Gasteiger charge is -2.37. The number of aryl methyl sites for hydroxylation is 1. The number of aliphatic carboxylic acids is 1. The van der Waals surface area contributed by atoms with E-state index in [2.05, 4.69) is 10.6 Å². The first kappa shape index (κ1) is 29.3. The van der Waals surface area contributed by atoms with Crippen LogP contribution in [0.5, 0.6) is 5.75 Å². The van der Waals surface area contributed by atoms with E-state index in [1.807, 2.05) is 24.3 Å². The summed E-state index contributed by atoms with van der Waals surface area (Å²) in [5.41, 5.74) is 1.88. The van der Waals surface area contributed by atoms with Crippen LogP contribution in [-0.2, 0) is 21.4 Å². The second-order valence-electron chi connectivity index (χ2n) is 10.3. The summed E-state index contributed by atoms with van der Waals surface area (Å²) in [5, 5.41) is 26.5. The first-order chi connectivity index (χ1) is 19.6. The third-order valence-corrected chi connectivity index (χ3v) is 7.70. The van der Waals surface area contributed by atoms with E-state index in [-0.39, 0.29) is 18.0 Å². The number of nitro groups is 1. The highest BCUT2D eigenvalue weighted by Crippen LogP contribution is 2.40. The predicted molar refractivity (Wildman–Crippen MR) is 153 cm³/mol. The third kappa shape index (κ3) is 6.71. The Morgan fingerprint density at radius 3 is 2.22 bits per heavy atom. The van der Waals surface area contributed by atoms with E-state index in [4.69, 9.17) is 4.74 Å². The topological polar surface area (TPSA) is 148 Å². The maximum atomic E-state index is 13.7. The third-order valence-electron chi connectivity index (χ3n) is 7.70. The Hall–Kier alpha value is -4.73. The highest BCUT2D eigenvalue weighted by Gasteiger charge is 2.42. The number of carbonyl (C=O) groups excluding carboxylic acids is 2. The zero-order valence-corrected chi connectivity index (χ0v) is 23.0. The molecule has 0 bridgehead atoms. The van der Waals surface area contributed by atoms with E-state index in [0.717, 1.165) is 24.8 Å². The molecule has 1 aliphatic carbocycles. The van der Waals surface area contributed by atoms with Crippen LogP contribution in [0.25, 0.3) is 0 Å². The molecule has 214 valence electrons. The SMILES string of the molecule is COc1ccc(C2(C(=O)N[C@@H](Cc3ccc(NC(=O)c4ccc([N+](=O)[O-])cc4C)cc3)C(=O)O)CCCCC2)cc1. The largest absolute Gasteiger partial charge is 0.497 e. The highest BCUT2D eigenvalue weighted by molar-refractivity contribution is 6.05. The van der Waals surface area contributed by atoms with Crippen LogP contribution in [0.15, 0.2) is 66.7 Å². The molecule has 4 rings (SSSR count). The summed E-state index contributed by atoms with van der Waals surface area (Å²) in [6, 6.07) is 17.0. The van der Waals surface area contributed by atoms with Crippen molar-refractivity contribution >= 4 is 29.2 Å². The van der Waals surface area contributed by atoms with E-state index < -0.39 is 28.3 Å².